The Morgan fingerprint density at radius 2 is 2.15 bits per heavy atom. The number of hydrogen-bond acceptors (Lipinski definition) is 3. The van der Waals surface area contributed by atoms with Gasteiger partial charge < -0.3 is 5.11 Å². The van der Waals surface area contributed by atoms with E-state index in [4.69, 9.17) is 0 Å². The second kappa shape index (κ2) is 5.37. The van der Waals surface area contributed by atoms with Gasteiger partial charge in [-0.05, 0) is 43.2 Å². The van der Waals surface area contributed by atoms with Gasteiger partial charge in [-0.2, -0.15) is 0 Å². The molecule has 0 bridgehead atoms. The van der Waals surface area contributed by atoms with E-state index in [1.165, 1.54) is 5.56 Å². The zero-order valence-electron chi connectivity index (χ0n) is 11.9. The third kappa shape index (κ3) is 2.14. The molecule has 3 rings (SSSR count). The highest BCUT2D eigenvalue weighted by molar-refractivity contribution is 5.39. The molecule has 1 aliphatic rings. The molecular weight excluding hydrogens is 250 g/mol. The second-order valence-electron chi connectivity index (χ2n) is 5.57. The van der Waals surface area contributed by atoms with Gasteiger partial charge in [0.1, 0.15) is 5.60 Å². The Hall–Kier alpha value is -1.68. The Balaban J connectivity index is 2.12. The van der Waals surface area contributed by atoms with Crippen molar-refractivity contribution in [1.82, 2.24) is 15.0 Å². The van der Waals surface area contributed by atoms with Gasteiger partial charge in [-0.3, -0.25) is 0 Å². The lowest BCUT2D eigenvalue weighted by Gasteiger charge is -2.29. The van der Waals surface area contributed by atoms with Crippen molar-refractivity contribution in [2.45, 2.75) is 51.2 Å². The highest BCUT2D eigenvalue weighted by atomic mass is 16.3. The fourth-order valence-corrected chi connectivity index (χ4v) is 3.19. The number of nitrogens with zero attached hydrogens (tertiary/aromatic N) is 3. The van der Waals surface area contributed by atoms with Gasteiger partial charge in [-0.1, -0.05) is 36.4 Å². The maximum atomic E-state index is 11.4. The van der Waals surface area contributed by atoms with Crippen LogP contribution in [0.25, 0.3) is 0 Å². The Morgan fingerprint density at radius 1 is 1.30 bits per heavy atom. The van der Waals surface area contributed by atoms with Crippen molar-refractivity contribution >= 4 is 0 Å². The van der Waals surface area contributed by atoms with E-state index in [1.54, 1.807) is 6.20 Å². The van der Waals surface area contributed by atoms with Crippen molar-refractivity contribution in [3.05, 3.63) is 47.3 Å². The van der Waals surface area contributed by atoms with E-state index in [0.717, 1.165) is 49.9 Å². The van der Waals surface area contributed by atoms with Crippen molar-refractivity contribution in [2.75, 3.05) is 0 Å². The predicted molar refractivity (Wildman–Crippen MR) is 77.3 cm³/mol. The number of aryl methyl sites for hydroxylation is 2. The molecule has 1 aromatic heterocycles. The van der Waals surface area contributed by atoms with Crippen LogP contribution in [0, 0.1) is 0 Å². The largest absolute Gasteiger partial charge is 0.379 e. The number of aliphatic hydroxyl groups is 1. The van der Waals surface area contributed by atoms with Crippen molar-refractivity contribution < 1.29 is 5.11 Å². The van der Waals surface area contributed by atoms with E-state index in [-0.39, 0.29) is 0 Å². The molecule has 20 heavy (non-hydrogen) atoms. The molecule has 1 heterocycles. The number of benzene rings is 1. The number of aromatic nitrogens is 3. The van der Waals surface area contributed by atoms with Crippen LogP contribution in [0.5, 0.6) is 0 Å². The van der Waals surface area contributed by atoms with Gasteiger partial charge in [-0.15, -0.1) is 5.10 Å². The van der Waals surface area contributed by atoms with E-state index in [2.05, 4.69) is 23.3 Å². The summed E-state index contributed by atoms with van der Waals surface area (Å²) >= 11 is 0. The van der Waals surface area contributed by atoms with E-state index >= 15 is 0 Å². The number of hydrogen-bond donors (Lipinski definition) is 1. The highest BCUT2D eigenvalue weighted by Crippen LogP contribution is 2.39. The molecule has 0 spiro atoms. The molecule has 106 valence electrons. The number of fused-ring (bicyclic) bond motifs is 1. The average Bonchev–Trinajstić information content (AvgIpc) is 2.86. The van der Waals surface area contributed by atoms with Crippen molar-refractivity contribution in [3.63, 3.8) is 0 Å². The summed E-state index contributed by atoms with van der Waals surface area (Å²) in [6, 6.07) is 8.22. The zero-order valence-corrected chi connectivity index (χ0v) is 11.9. The smallest absolute Gasteiger partial charge is 0.133 e. The summed E-state index contributed by atoms with van der Waals surface area (Å²) in [5.74, 6) is 0. The first-order valence-corrected chi connectivity index (χ1v) is 7.45. The fourth-order valence-electron chi connectivity index (χ4n) is 3.19. The van der Waals surface area contributed by atoms with E-state index in [0.29, 0.717) is 0 Å². The Morgan fingerprint density at radius 3 is 3.00 bits per heavy atom. The minimum Gasteiger partial charge on any atom is -0.379 e. The van der Waals surface area contributed by atoms with E-state index in [1.807, 2.05) is 22.9 Å². The summed E-state index contributed by atoms with van der Waals surface area (Å²) in [6.45, 7) is 2.90. The lowest BCUT2D eigenvalue weighted by Crippen LogP contribution is -2.31. The fraction of sp³-hybridized carbons (Fsp3) is 0.500. The Labute approximate surface area is 119 Å². The quantitative estimate of drug-likeness (QED) is 0.873. The molecule has 0 amide bonds. The SMILES string of the molecule is CCCn1nncc1C1(O)CCCCc2ccccc21. The van der Waals surface area contributed by atoms with Gasteiger partial charge in [0, 0.05) is 6.54 Å². The van der Waals surface area contributed by atoms with Gasteiger partial charge in [0.05, 0.1) is 11.9 Å². The minimum absolute atomic E-state index is 0.737. The van der Waals surface area contributed by atoms with E-state index in [9.17, 15) is 5.11 Å². The zero-order chi connectivity index (χ0) is 14.0. The second-order valence-corrected chi connectivity index (χ2v) is 5.57. The van der Waals surface area contributed by atoms with Gasteiger partial charge >= 0.3 is 0 Å². The summed E-state index contributed by atoms with van der Waals surface area (Å²) in [4.78, 5) is 0. The molecule has 2 aromatic rings. The molecule has 4 nitrogen and oxygen atoms in total. The molecule has 1 aromatic carbocycles. The molecule has 0 saturated carbocycles. The Bertz CT molecular complexity index is 593. The van der Waals surface area contributed by atoms with Crippen LogP contribution < -0.4 is 0 Å². The van der Waals surface area contributed by atoms with Crippen LogP contribution in [0.3, 0.4) is 0 Å². The highest BCUT2D eigenvalue weighted by Gasteiger charge is 2.37. The summed E-state index contributed by atoms with van der Waals surface area (Å²) in [5, 5.41) is 19.5. The maximum absolute atomic E-state index is 11.4. The average molecular weight is 271 g/mol. The molecule has 0 aliphatic heterocycles. The van der Waals surface area contributed by atoms with E-state index < -0.39 is 5.60 Å². The van der Waals surface area contributed by atoms with Crippen molar-refractivity contribution in [2.24, 2.45) is 0 Å². The molecule has 0 fully saturated rings. The van der Waals surface area contributed by atoms with Gasteiger partial charge in [0.15, 0.2) is 0 Å². The molecule has 0 radical (unpaired) electrons. The summed E-state index contributed by atoms with van der Waals surface area (Å²) < 4.78 is 1.85. The Kier molecular flexibility index (Phi) is 3.57. The van der Waals surface area contributed by atoms with Crippen LogP contribution in [0.15, 0.2) is 30.5 Å². The first kappa shape index (κ1) is 13.3. The lowest BCUT2D eigenvalue weighted by atomic mass is 9.85. The topological polar surface area (TPSA) is 50.9 Å². The first-order chi connectivity index (χ1) is 9.75. The molecular formula is C16H21N3O. The number of rotatable bonds is 3. The minimum atomic E-state index is -0.953. The van der Waals surface area contributed by atoms with Crippen LogP contribution in [0.4, 0.5) is 0 Å². The third-order valence-corrected chi connectivity index (χ3v) is 4.17. The maximum Gasteiger partial charge on any atom is 0.133 e. The van der Waals surface area contributed by atoms with Crippen molar-refractivity contribution in [3.8, 4) is 0 Å². The molecule has 1 N–H and O–H groups in total. The molecule has 1 aliphatic carbocycles. The third-order valence-electron chi connectivity index (χ3n) is 4.17. The first-order valence-electron chi connectivity index (χ1n) is 7.45. The standard InChI is InChI=1S/C16H21N3O/c1-2-11-19-15(12-17-18-19)16(20)10-6-5-8-13-7-3-4-9-14(13)16/h3-4,7,9,12,20H,2,5-6,8,10-11H2,1H3. The molecule has 1 atom stereocenters. The van der Waals surface area contributed by atoms with Crippen LogP contribution in [-0.2, 0) is 18.6 Å². The summed E-state index contributed by atoms with van der Waals surface area (Å²) in [5.41, 5.74) is 2.15. The summed E-state index contributed by atoms with van der Waals surface area (Å²) in [6.07, 6.45) is 6.61. The van der Waals surface area contributed by atoms with Gasteiger partial charge in [0.25, 0.3) is 0 Å². The van der Waals surface area contributed by atoms with Crippen molar-refractivity contribution in [1.29, 1.82) is 0 Å². The van der Waals surface area contributed by atoms with Crippen LogP contribution in [0.1, 0.15) is 49.4 Å². The molecule has 0 saturated heterocycles. The van der Waals surface area contributed by atoms with Crippen LogP contribution in [-0.4, -0.2) is 20.1 Å². The predicted octanol–water partition coefficient (Wildman–Crippen LogP) is 2.65. The monoisotopic (exact) mass is 271 g/mol. The van der Waals surface area contributed by atoms with Crippen LogP contribution in [0.2, 0.25) is 0 Å². The van der Waals surface area contributed by atoms with Gasteiger partial charge in [-0.25, -0.2) is 4.68 Å². The summed E-state index contributed by atoms with van der Waals surface area (Å²) in [7, 11) is 0. The lowest BCUT2D eigenvalue weighted by molar-refractivity contribution is 0.0605. The molecule has 4 heteroatoms. The van der Waals surface area contributed by atoms with Gasteiger partial charge in [0.2, 0.25) is 0 Å². The van der Waals surface area contributed by atoms with Crippen LogP contribution >= 0.6 is 0 Å². The molecule has 1 unspecified atom stereocenters. The normalized spacial score (nSPS) is 22.3.